The number of hydrogen-bond donors (Lipinski definition) is 1. The number of carbonyl (C=O) groups excluding carboxylic acids is 1. The molecule has 196 valence electrons. The van der Waals surface area contributed by atoms with E-state index in [4.69, 9.17) is 29.4 Å². The molecule has 0 aromatic heterocycles. The van der Waals surface area contributed by atoms with Crippen LogP contribution >= 0.6 is 0 Å². The summed E-state index contributed by atoms with van der Waals surface area (Å²) in [5, 5.41) is 9.86. The molecule has 0 saturated carbocycles. The quantitative estimate of drug-likeness (QED) is 0.291. The minimum absolute atomic E-state index is 0.0154. The van der Waals surface area contributed by atoms with E-state index in [0.29, 0.717) is 53.3 Å². The van der Waals surface area contributed by atoms with Crippen molar-refractivity contribution in [1.82, 2.24) is 0 Å². The van der Waals surface area contributed by atoms with Gasteiger partial charge in [0, 0.05) is 11.6 Å². The van der Waals surface area contributed by atoms with E-state index in [-0.39, 0.29) is 17.2 Å². The monoisotopic (exact) mass is 514 g/mol. The van der Waals surface area contributed by atoms with Gasteiger partial charge in [0.2, 0.25) is 5.88 Å². The van der Waals surface area contributed by atoms with Crippen LogP contribution in [0.15, 0.2) is 72.1 Å². The molecule has 0 saturated heterocycles. The molecule has 38 heavy (non-hydrogen) atoms. The summed E-state index contributed by atoms with van der Waals surface area (Å²) in [4.78, 5) is 12.8. The Bertz CT molecular complexity index is 1390. The van der Waals surface area contributed by atoms with Gasteiger partial charge in [-0.05, 0) is 60.9 Å². The lowest BCUT2D eigenvalue weighted by Gasteiger charge is -2.27. The second-order valence-corrected chi connectivity index (χ2v) is 9.09. The number of hydrogen-bond acceptors (Lipinski definition) is 8. The van der Waals surface area contributed by atoms with Gasteiger partial charge in [-0.2, -0.15) is 5.26 Å². The van der Waals surface area contributed by atoms with Crippen LogP contribution in [0.1, 0.15) is 48.2 Å². The number of carbonyl (C=O) groups is 1. The van der Waals surface area contributed by atoms with Gasteiger partial charge in [-0.1, -0.05) is 26.0 Å². The van der Waals surface area contributed by atoms with E-state index in [2.05, 4.69) is 19.9 Å². The number of nitrogens with zero attached hydrogens (tertiary/aromatic N) is 1. The minimum Gasteiger partial charge on any atom is -0.493 e. The maximum Gasteiger partial charge on any atom is 0.343 e. The third kappa shape index (κ3) is 5.68. The van der Waals surface area contributed by atoms with Gasteiger partial charge in [-0.15, -0.1) is 0 Å². The van der Waals surface area contributed by atoms with Crippen LogP contribution in [0.25, 0.3) is 0 Å². The average Bonchev–Trinajstić information content (AvgIpc) is 2.91. The van der Waals surface area contributed by atoms with E-state index >= 15 is 0 Å². The van der Waals surface area contributed by atoms with E-state index < -0.39 is 11.9 Å². The summed E-state index contributed by atoms with van der Waals surface area (Å²) >= 11 is 0. The molecule has 0 amide bonds. The van der Waals surface area contributed by atoms with Crippen LogP contribution in [0, 0.1) is 17.2 Å². The second kappa shape index (κ2) is 11.6. The van der Waals surface area contributed by atoms with Crippen molar-refractivity contribution in [2.45, 2.75) is 26.7 Å². The van der Waals surface area contributed by atoms with Crippen LogP contribution in [-0.2, 0) is 0 Å². The molecule has 3 aromatic carbocycles. The zero-order chi connectivity index (χ0) is 27.2. The molecule has 2 N–H and O–H groups in total. The molecule has 1 aliphatic rings. The molecule has 0 fully saturated rings. The Kier molecular flexibility index (Phi) is 8.07. The molecule has 1 aliphatic heterocycles. The van der Waals surface area contributed by atoms with E-state index in [9.17, 15) is 10.1 Å². The maximum absolute atomic E-state index is 12.8. The van der Waals surface area contributed by atoms with Gasteiger partial charge in [0.15, 0.2) is 11.5 Å². The Morgan fingerprint density at radius 1 is 1.03 bits per heavy atom. The van der Waals surface area contributed by atoms with Crippen molar-refractivity contribution < 1.29 is 28.5 Å². The fourth-order valence-electron chi connectivity index (χ4n) is 4.10. The highest BCUT2D eigenvalue weighted by atomic mass is 16.5. The van der Waals surface area contributed by atoms with E-state index in [1.54, 1.807) is 55.6 Å². The molecule has 8 nitrogen and oxygen atoms in total. The van der Waals surface area contributed by atoms with Crippen molar-refractivity contribution in [2.75, 3.05) is 20.3 Å². The van der Waals surface area contributed by atoms with Crippen molar-refractivity contribution in [3.63, 3.8) is 0 Å². The number of methoxy groups -OCH3 is 1. The number of allylic oxidation sites excluding steroid dienone is 1. The number of esters is 1. The molecule has 0 radical (unpaired) electrons. The summed E-state index contributed by atoms with van der Waals surface area (Å²) < 4.78 is 28.2. The molecule has 4 rings (SSSR count). The number of nitriles is 1. The minimum atomic E-state index is -0.523. The van der Waals surface area contributed by atoms with Gasteiger partial charge < -0.3 is 29.4 Å². The highest BCUT2D eigenvalue weighted by Crippen LogP contribution is 2.45. The van der Waals surface area contributed by atoms with Gasteiger partial charge in [0.1, 0.15) is 28.9 Å². The molecule has 8 heteroatoms. The van der Waals surface area contributed by atoms with Gasteiger partial charge in [0.25, 0.3) is 0 Å². The summed E-state index contributed by atoms with van der Waals surface area (Å²) in [7, 11) is 1.56. The van der Waals surface area contributed by atoms with Gasteiger partial charge >= 0.3 is 5.97 Å². The van der Waals surface area contributed by atoms with Crippen molar-refractivity contribution in [3.05, 3.63) is 88.8 Å². The lowest BCUT2D eigenvalue weighted by atomic mass is 9.83. The number of nitrogens with two attached hydrogens (primary N) is 1. The lowest BCUT2D eigenvalue weighted by molar-refractivity contribution is 0.0734. The Labute approximate surface area is 222 Å². The smallest absolute Gasteiger partial charge is 0.343 e. The lowest BCUT2D eigenvalue weighted by Crippen LogP contribution is -2.21. The van der Waals surface area contributed by atoms with E-state index in [0.717, 1.165) is 5.56 Å². The zero-order valence-corrected chi connectivity index (χ0v) is 21.8. The molecule has 0 bridgehead atoms. The first kappa shape index (κ1) is 26.4. The van der Waals surface area contributed by atoms with Gasteiger partial charge in [0.05, 0.1) is 31.8 Å². The van der Waals surface area contributed by atoms with Crippen LogP contribution in [0.2, 0.25) is 0 Å². The number of fused-ring (bicyclic) bond motifs is 1. The highest BCUT2D eigenvalue weighted by molar-refractivity contribution is 5.91. The Morgan fingerprint density at radius 3 is 2.42 bits per heavy atom. The summed E-state index contributed by atoms with van der Waals surface area (Å²) in [6.07, 6.45) is 0. The first-order valence-electron chi connectivity index (χ1n) is 12.3. The predicted octanol–water partition coefficient (Wildman–Crippen LogP) is 5.57. The third-order valence-electron chi connectivity index (χ3n) is 5.90. The average molecular weight is 515 g/mol. The van der Waals surface area contributed by atoms with Crippen LogP contribution in [0.4, 0.5) is 0 Å². The fraction of sp³-hybridized carbons (Fsp3) is 0.267. The summed E-state index contributed by atoms with van der Waals surface area (Å²) in [6.45, 7) is 7.10. The van der Waals surface area contributed by atoms with Crippen molar-refractivity contribution in [1.29, 1.82) is 5.26 Å². The SMILES string of the molecule is CCOc1ccc(C2C(C#N)=C(N)Oc3cc(OC(=O)c4ccc(OCC(C)C)cc4)ccc32)cc1OC. The van der Waals surface area contributed by atoms with Crippen molar-refractivity contribution in [3.8, 4) is 34.8 Å². The normalized spacial score (nSPS) is 14.3. The van der Waals surface area contributed by atoms with Gasteiger partial charge in [-0.3, -0.25) is 0 Å². The number of ether oxygens (including phenoxy) is 5. The van der Waals surface area contributed by atoms with E-state index in [1.807, 2.05) is 19.1 Å². The Morgan fingerprint density at radius 2 is 1.76 bits per heavy atom. The van der Waals surface area contributed by atoms with Gasteiger partial charge in [-0.25, -0.2) is 4.79 Å². The van der Waals surface area contributed by atoms with Crippen LogP contribution in [0.5, 0.6) is 28.7 Å². The number of benzene rings is 3. The van der Waals surface area contributed by atoms with E-state index in [1.165, 1.54) is 0 Å². The van der Waals surface area contributed by atoms with Crippen LogP contribution in [0.3, 0.4) is 0 Å². The fourth-order valence-corrected chi connectivity index (χ4v) is 4.10. The molecule has 1 atom stereocenters. The largest absolute Gasteiger partial charge is 0.493 e. The number of rotatable bonds is 9. The first-order chi connectivity index (χ1) is 18.3. The zero-order valence-electron chi connectivity index (χ0n) is 21.8. The Hall–Kier alpha value is -4.64. The summed E-state index contributed by atoms with van der Waals surface area (Å²) in [5.41, 5.74) is 8.27. The predicted molar refractivity (Wildman–Crippen MR) is 142 cm³/mol. The Balaban J connectivity index is 1.59. The molecule has 1 unspecified atom stereocenters. The topological polar surface area (TPSA) is 113 Å². The molecular formula is C30H30N2O6. The molecule has 1 heterocycles. The second-order valence-electron chi connectivity index (χ2n) is 9.09. The highest BCUT2D eigenvalue weighted by Gasteiger charge is 2.31. The van der Waals surface area contributed by atoms with Crippen molar-refractivity contribution >= 4 is 5.97 Å². The molecular weight excluding hydrogens is 484 g/mol. The molecule has 0 spiro atoms. The third-order valence-corrected chi connectivity index (χ3v) is 5.90. The first-order valence-corrected chi connectivity index (χ1v) is 12.3. The molecule has 0 aliphatic carbocycles. The maximum atomic E-state index is 12.8. The van der Waals surface area contributed by atoms with Crippen molar-refractivity contribution in [2.24, 2.45) is 11.7 Å². The standard InChI is InChI=1S/C30H30N2O6/c1-5-35-25-13-8-20(14-27(25)34-4)28-23-12-11-22(15-26(23)38-29(32)24(28)16-31)37-30(33)19-6-9-21(10-7-19)36-17-18(2)3/h6-15,18,28H,5,17,32H2,1-4H3. The molecule has 3 aromatic rings. The summed E-state index contributed by atoms with van der Waals surface area (Å²) in [6, 6.07) is 19.4. The van der Waals surface area contributed by atoms with Crippen LogP contribution in [-0.4, -0.2) is 26.3 Å². The van der Waals surface area contributed by atoms with Crippen LogP contribution < -0.4 is 29.4 Å². The summed E-state index contributed by atoms with van der Waals surface area (Å²) in [5.74, 6) is 1.86.